The quantitative estimate of drug-likeness (QED) is 0.815. The molecule has 2 heterocycles. The average molecular weight is 315 g/mol. The molecule has 0 N–H and O–H groups in total. The maximum Gasteiger partial charge on any atom is 0.373 e. The van der Waals surface area contributed by atoms with Crippen LogP contribution in [0.1, 0.15) is 28.8 Å². The van der Waals surface area contributed by atoms with E-state index < -0.39 is 12.1 Å². The maximum atomic E-state index is 12.4. The lowest BCUT2D eigenvalue weighted by atomic mass is 10.1. The summed E-state index contributed by atoms with van der Waals surface area (Å²) in [5.74, 6) is 0.572. The Balaban J connectivity index is 1.91. The highest BCUT2D eigenvalue weighted by molar-refractivity contribution is 5.99. The average Bonchev–Trinajstić information content (AvgIpc) is 2.99. The molecule has 0 fully saturated rings. The zero-order chi connectivity index (χ0) is 16.6. The summed E-state index contributed by atoms with van der Waals surface area (Å²) in [5.41, 5.74) is 1.74. The molecule has 1 aliphatic heterocycles. The lowest BCUT2D eigenvalue weighted by molar-refractivity contribution is -0.125. The Morgan fingerprint density at radius 3 is 2.83 bits per heavy atom. The van der Waals surface area contributed by atoms with Crippen molar-refractivity contribution in [3.05, 3.63) is 47.4 Å². The Morgan fingerprint density at radius 2 is 2.09 bits per heavy atom. The molecule has 6 nitrogen and oxygen atoms in total. The van der Waals surface area contributed by atoms with Gasteiger partial charge in [-0.3, -0.25) is 9.69 Å². The van der Waals surface area contributed by atoms with E-state index in [9.17, 15) is 9.59 Å². The highest BCUT2D eigenvalue weighted by atomic mass is 16.5. The van der Waals surface area contributed by atoms with Crippen LogP contribution >= 0.6 is 0 Å². The Hall–Kier alpha value is -2.76. The number of methoxy groups -OCH3 is 1. The minimum atomic E-state index is -0.570. The SMILES string of the molecule is COC(=O)c1ccc(CN2C(=O)C(C)Oc3cc(C)ccc32)o1. The molecule has 3 rings (SSSR count). The highest BCUT2D eigenvalue weighted by Crippen LogP contribution is 2.35. The molecule has 0 saturated heterocycles. The van der Waals surface area contributed by atoms with Crippen LogP contribution in [-0.4, -0.2) is 25.1 Å². The Bertz CT molecular complexity index is 764. The molecule has 0 aliphatic carbocycles. The van der Waals surface area contributed by atoms with Crippen LogP contribution in [0.2, 0.25) is 0 Å². The highest BCUT2D eigenvalue weighted by Gasteiger charge is 2.32. The number of esters is 1. The third-order valence-corrected chi connectivity index (χ3v) is 3.69. The Morgan fingerprint density at radius 1 is 1.30 bits per heavy atom. The fraction of sp³-hybridized carbons (Fsp3) is 0.294. The number of carbonyl (C=O) groups is 2. The van der Waals surface area contributed by atoms with E-state index in [1.807, 2.05) is 25.1 Å². The van der Waals surface area contributed by atoms with Crippen LogP contribution in [0.15, 0.2) is 34.7 Å². The van der Waals surface area contributed by atoms with Crippen molar-refractivity contribution in [3.63, 3.8) is 0 Å². The summed E-state index contributed by atoms with van der Waals surface area (Å²) < 4.78 is 15.7. The van der Waals surface area contributed by atoms with E-state index >= 15 is 0 Å². The third kappa shape index (κ3) is 2.79. The molecule has 0 radical (unpaired) electrons. The van der Waals surface area contributed by atoms with Gasteiger partial charge in [0.05, 0.1) is 19.3 Å². The van der Waals surface area contributed by atoms with Crippen LogP contribution in [0, 0.1) is 6.92 Å². The van der Waals surface area contributed by atoms with Crippen molar-refractivity contribution in [3.8, 4) is 5.75 Å². The molecular weight excluding hydrogens is 298 g/mol. The van der Waals surface area contributed by atoms with Gasteiger partial charge in [0.25, 0.3) is 5.91 Å². The predicted molar refractivity (Wildman–Crippen MR) is 82.5 cm³/mol. The molecule has 0 bridgehead atoms. The topological polar surface area (TPSA) is 69.0 Å². The van der Waals surface area contributed by atoms with Crippen molar-refractivity contribution >= 4 is 17.6 Å². The second-order valence-electron chi connectivity index (χ2n) is 5.41. The van der Waals surface area contributed by atoms with Gasteiger partial charge in [-0.25, -0.2) is 4.79 Å². The number of hydrogen-bond acceptors (Lipinski definition) is 5. The van der Waals surface area contributed by atoms with Crippen LogP contribution in [0.25, 0.3) is 0 Å². The number of anilines is 1. The molecule has 0 spiro atoms. The largest absolute Gasteiger partial charge is 0.479 e. The molecule has 1 atom stereocenters. The van der Waals surface area contributed by atoms with E-state index in [0.717, 1.165) is 5.56 Å². The van der Waals surface area contributed by atoms with Crippen LogP contribution in [0.4, 0.5) is 5.69 Å². The zero-order valence-corrected chi connectivity index (χ0v) is 13.2. The number of fused-ring (bicyclic) bond motifs is 1. The number of amides is 1. The summed E-state index contributed by atoms with van der Waals surface area (Å²) in [6.45, 7) is 3.90. The van der Waals surface area contributed by atoms with E-state index in [-0.39, 0.29) is 18.2 Å². The van der Waals surface area contributed by atoms with Crippen LogP contribution in [0.5, 0.6) is 5.75 Å². The van der Waals surface area contributed by atoms with Gasteiger partial charge in [0.2, 0.25) is 5.76 Å². The maximum absolute atomic E-state index is 12.4. The number of rotatable bonds is 3. The van der Waals surface area contributed by atoms with E-state index in [0.29, 0.717) is 17.2 Å². The monoisotopic (exact) mass is 315 g/mol. The van der Waals surface area contributed by atoms with Gasteiger partial charge in [0.1, 0.15) is 11.5 Å². The van der Waals surface area contributed by atoms with Gasteiger partial charge in [-0.05, 0) is 43.7 Å². The molecule has 23 heavy (non-hydrogen) atoms. The number of nitrogens with zero attached hydrogens (tertiary/aromatic N) is 1. The molecule has 1 amide bonds. The molecule has 1 aromatic carbocycles. The van der Waals surface area contributed by atoms with Crippen LogP contribution in [-0.2, 0) is 16.1 Å². The van der Waals surface area contributed by atoms with Crippen molar-refractivity contribution < 1.29 is 23.5 Å². The smallest absolute Gasteiger partial charge is 0.373 e. The van der Waals surface area contributed by atoms with Crippen molar-refractivity contribution in [1.82, 2.24) is 0 Å². The fourth-order valence-corrected chi connectivity index (χ4v) is 2.51. The van der Waals surface area contributed by atoms with E-state index in [1.165, 1.54) is 13.2 Å². The van der Waals surface area contributed by atoms with E-state index in [1.54, 1.807) is 17.9 Å². The minimum absolute atomic E-state index is 0.111. The standard InChI is InChI=1S/C17H17NO5/c1-10-4-6-13-15(8-10)22-11(2)16(19)18(13)9-12-5-7-14(23-12)17(20)21-3/h4-8,11H,9H2,1-3H3. The molecule has 0 saturated carbocycles. The number of aryl methyl sites for hydroxylation is 1. The van der Waals surface area contributed by atoms with E-state index in [4.69, 9.17) is 9.15 Å². The number of carbonyl (C=O) groups excluding carboxylic acids is 2. The summed E-state index contributed by atoms with van der Waals surface area (Å²) in [4.78, 5) is 25.5. The molecule has 120 valence electrons. The second-order valence-corrected chi connectivity index (χ2v) is 5.41. The van der Waals surface area contributed by atoms with Gasteiger partial charge < -0.3 is 13.9 Å². The van der Waals surface area contributed by atoms with Gasteiger partial charge in [-0.1, -0.05) is 6.07 Å². The Kier molecular flexibility index (Phi) is 3.82. The van der Waals surface area contributed by atoms with Gasteiger partial charge in [-0.15, -0.1) is 0 Å². The van der Waals surface area contributed by atoms with Gasteiger partial charge in [0.15, 0.2) is 6.10 Å². The van der Waals surface area contributed by atoms with Crippen molar-refractivity contribution in [1.29, 1.82) is 0 Å². The lowest BCUT2D eigenvalue weighted by Gasteiger charge is -2.32. The summed E-state index contributed by atoms with van der Waals surface area (Å²) in [6.07, 6.45) is -0.570. The first kappa shape index (κ1) is 15.1. The zero-order valence-electron chi connectivity index (χ0n) is 13.2. The molecule has 6 heteroatoms. The normalized spacial score (nSPS) is 16.7. The predicted octanol–water partition coefficient (Wildman–Crippen LogP) is 2.69. The van der Waals surface area contributed by atoms with Crippen molar-refractivity contribution in [2.75, 3.05) is 12.0 Å². The summed E-state index contributed by atoms with van der Waals surface area (Å²) >= 11 is 0. The number of furan rings is 1. The molecule has 2 aromatic rings. The first-order chi connectivity index (χ1) is 11.0. The van der Waals surface area contributed by atoms with Gasteiger partial charge >= 0.3 is 5.97 Å². The van der Waals surface area contributed by atoms with Crippen LogP contribution in [0.3, 0.4) is 0 Å². The summed E-state index contributed by atoms with van der Waals surface area (Å²) in [5, 5.41) is 0. The van der Waals surface area contributed by atoms with Crippen molar-refractivity contribution in [2.45, 2.75) is 26.5 Å². The second kappa shape index (κ2) is 5.79. The first-order valence-corrected chi connectivity index (χ1v) is 7.25. The lowest BCUT2D eigenvalue weighted by Crippen LogP contribution is -2.43. The third-order valence-electron chi connectivity index (χ3n) is 3.69. The summed E-state index contributed by atoms with van der Waals surface area (Å²) in [7, 11) is 1.29. The van der Waals surface area contributed by atoms with Crippen LogP contribution < -0.4 is 9.64 Å². The number of hydrogen-bond donors (Lipinski definition) is 0. The minimum Gasteiger partial charge on any atom is -0.479 e. The summed E-state index contributed by atoms with van der Waals surface area (Å²) in [6, 6.07) is 8.85. The number of ether oxygens (including phenoxy) is 2. The fourth-order valence-electron chi connectivity index (χ4n) is 2.51. The molecule has 1 aliphatic rings. The molecular formula is C17H17NO5. The first-order valence-electron chi connectivity index (χ1n) is 7.25. The Labute approximate surface area is 133 Å². The van der Waals surface area contributed by atoms with Crippen molar-refractivity contribution in [2.24, 2.45) is 0 Å². The van der Waals surface area contributed by atoms with Gasteiger partial charge in [-0.2, -0.15) is 0 Å². The van der Waals surface area contributed by atoms with E-state index in [2.05, 4.69) is 4.74 Å². The molecule has 1 aromatic heterocycles. The molecule has 1 unspecified atom stereocenters. The van der Waals surface area contributed by atoms with Gasteiger partial charge in [0, 0.05) is 0 Å². The number of benzene rings is 1.